The number of likely N-dealkylation sites (tertiary alicyclic amines) is 1. The van der Waals surface area contributed by atoms with Gasteiger partial charge < -0.3 is 14.5 Å². The number of ether oxygens (including phenoxy) is 1. The summed E-state index contributed by atoms with van der Waals surface area (Å²) in [7, 11) is 0. The van der Waals surface area contributed by atoms with E-state index in [-0.39, 0.29) is 24.2 Å². The van der Waals surface area contributed by atoms with Crippen LogP contribution < -0.4 is 4.90 Å². The van der Waals surface area contributed by atoms with Crippen LogP contribution in [0.15, 0.2) is 48.8 Å². The summed E-state index contributed by atoms with van der Waals surface area (Å²) in [5.41, 5.74) is 1.27. The molecule has 1 spiro atoms. The van der Waals surface area contributed by atoms with E-state index in [0.717, 1.165) is 5.56 Å². The van der Waals surface area contributed by atoms with Gasteiger partial charge in [-0.15, -0.1) is 0 Å². The third-order valence-electron chi connectivity index (χ3n) is 5.77. The van der Waals surface area contributed by atoms with E-state index in [1.54, 1.807) is 29.4 Å². The van der Waals surface area contributed by atoms with Crippen LogP contribution in [-0.4, -0.2) is 53.5 Å². The van der Waals surface area contributed by atoms with Crippen LogP contribution in [0, 0.1) is 5.82 Å². The Morgan fingerprint density at radius 2 is 1.93 bits per heavy atom. The van der Waals surface area contributed by atoms with Crippen molar-refractivity contribution >= 4 is 17.5 Å². The van der Waals surface area contributed by atoms with Crippen LogP contribution in [0.2, 0.25) is 0 Å². The predicted octanol–water partition coefficient (Wildman–Crippen LogP) is 2.58. The zero-order valence-electron chi connectivity index (χ0n) is 16.2. The highest BCUT2D eigenvalue weighted by Gasteiger charge is 2.43. The highest BCUT2D eigenvalue weighted by atomic mass is 19.1. The molecule has 0 saturated carbocycles. The third-order valence-corrected chi connectivity index (χ3v) is 5.77. The minimum atomic E-state index is -0.456. The number of benzene rings is 1. The van der Waals surface area contributed by atoms with Gasteiger partial charge in [-0.1, -0.05) is 6.07 Å². The lowest BCUT2D eigenvalue weighted by atomic mass is 9.88. The normalized spacial score (nSPS) is 18.9. The summed E-state index contributed by atoms with van der Waals surface area (Å²) in [5, 5.41) is 0. The number of morpholine rings is 1. The molecule has 2 fully saturated rings. The second-order valence-corrected chi connectivity index (χ2v) is 7.67. The molecule has 2 aliphatic rings. The Hall–Kier alpha value is -2.80. The molecule has 0 radical (unpaired) electrons. The average Bonchev–Trinajstić information content (AvgIpc) is 2.76. The lowest BCUT2D eigenvalue weighted by Gasteiger charge is -2.47. The molecule has 0 atom stereocenters. The maximum atomic E-state index is 13.2. The van der Waals surface area contributed by atoms with Crippen molar-refractivity contribution in [2.45, 2.75) is 31.3 Å². The number of amides is 2. The van der Waals surface area contributed by atoms with Gasteiger partial charge in [0, 0.05) is 37.6 Å². The number of rotatable bonds is 4. The zero-order valence-corrected chi connectivity index (χ0v) is 16.2. The number of pyridine rings is 1. The molecule has 0 unspecified atom stereocenters. The highest BCUT2D eigenvalue weighted by molar-refractivity contribution is 5.95. The van der Waals surface area contributed by atoms with Crippen LogP contribution in [0.1, 0.15) is 24.8 Å². The molecule has 0 bridgehead atoms. The molecule has 3 heterocycles. The van der Waals surface area contributed by atoms with E-state index in [0.29, 0.717) is 51.0 Å². The van der Waals surface area contributed by atoms with Gasteiger partial charge in [-0.05, 0) is 55.2 Å². The molecule has 2 amide bonds. The van der Waals surface area contributed by atoms with E-state index in [1.165, 1.54) is 12.1 Å². The first-order valence-corrected chi connectivity index (χ1v) is 9.91. The molecule has 152 valence electrons. The molecule has 0 aliphatic carbocycles. The van der Waals surface area contributed by atoms with E-state index in [9.17, 15) is 14.0 Å². The second-order valence-electron chi connectivity index (χ2n) is 7.67. The third kappa shape index (κ3) is 4.45. The highest BCUT2D eigenvalue weighted by Crippen LogP contribution is 2.33. The van der Waals surface area contributed by atoms with Gasteiger partial charge in [0.15, 0.2) is 0 Å². The van der Waals surface area contributed by atoms with Crippen LogP contribution in [0.3, 0.4) is 0 Å². The number of aromatic nitrogens is 1. The number of hydrogen-bond donors (Lipinski definition) is 0. The molecule has 4 rings (SSSR count). The van der Waals surface area contributed by atoms with Crippen molar-refractivity contribution in [3.8, 4) is 0 Å². The SMILES string of the molecule is O=C(CCc1cccnc1)N1CCC2(CC1)CN(c1ccc(F)cc1)C(=O)CO2. The van der Waals surface area contributed by atoms with E-state index < -0.39 is 5.60 Å². The molecule has 7 heteroatoms. The van der Waals surface area contributed by atoms with Crippen molar-refractivity contribution < 1.29 is 18.7 Å². The van der Waals surface area contributed by atoms with Gasteiger partial charge in [-0.25, -0.2) is 4.39 Å². The number of aryl methyl sites for hydroxylation is 1. The summed E-state index contributed by atoms with van der Waals surface area (Å²) in [6, 6.07) is 9.79. The average molecular weight is 397 g/mol. The summed E-state index contributed by atoms with van der Waals surface area (Å²) < 4.78 is 19.2. The maximum absolute atomic E-state index is 13.2. The molecular formula is C22H24FN3O3. The van der Waals surface area contributed by atoms with Crippen molar-refractivity contribution in [3.63, 3.8) is 0 Å². The number of halogens is 1. The first-order chi connectivity index (χ1) is 14.0. The smallest absolute Gasteiger partial charge is 0.253 e. The number of carbonyl (C=O) groups excluding carboxylic acids is 2. The van der Waals surface area contributed by atoms with Gasteiger partial charge >= 0.3 is 0 Å². The summed E-state index contributed by atoms with van der Waals surface area (Å²) in [4.78, 5) is 32.5. The van der Waals surface area contributed by atoms with Gasteiger partial charge in [-0.2, -0.15) is 0 Å². The Morgan fingerprint density at radius 3 is 2.62 bits per heavy atom. The largest absolute Gasteiger partial charge is 0.363 e. The molecule has 2 aromatic rings. The summed E-state index contributed by atoms with van der Waals surface area (Å²) in [6.07, 6.45) is 6.00. The van der Waals surface area contributed by atoms with E-state index in [1.807, 2.05) is 17.0 Å². The van der Waals surface area contributed by atoms with Gasteiger partial charge in [0.2, 0.25) is 5.91 Å². The van der Waals surface area contributed by atoms with Crippen molar-refractivity contribution in [1.82, 2.24) is 9.88 Å². The first kappa shape index (κ1) is 19.5. The number of anilines is 1. The van der Waals surface area contributed by atoms with Gasteiger partial charge in [0.1, 0.15) is 12.4 Å². The van der Waals surface area contributed by atoms with Crippen LogP contribution in [0.5, 0.6) is 0 Å². The van der Waals surface area contributed by atoms with E-state index in [2.05, 4.69) is 4.98 Å². The standard InChI is InChI=1S/C22H24FN3O3/c23-18-4-6-19(7-5-18)26-16-22(29-15-21(26)28)9-12-25(13-10-22)20(27)8-3-17-2-1-11-24-14-17/h1-2,4-7,11,14H,3,8-10,12-13,15-16H2. The molecule has 6 nitrogen and oxygen atoms in total. The Labute approximate surface area is 169 Å². The number of hydrogen-bond acceptors (Lipinski definition) is 4. The fourth-order valence-electron chi connectivity index (χ4n) is 3.99. The maximum Gasteiger partial charge on any atom is 0.253 e. The van der Waals surface area contributed by atoms with Gasteiger partial charge in [0.05, 0.1) is 12.1 Å². The Bertz CT molecular complexity index is 865. The zero-order chi connectivity index (χ0) is 20.3. The van der Waals surface area contributed by atoms with Crippen LogP contribution in [-0.2, 0) is 20.7 Å². The molecule has 1 aromatic heterocycles. The van der Waals surface area contributed by atoms with E-state index >= 15 is 0 Å². The van der Waals surface area contributed by atoms with Crippen LogP contribution >= 0.6 is 0 Å². The Balaban J connectivity index is 1.34. The molecule has 0 N–H and O–H groups in total. The molecule has 2 aliphatic heterocycles. The summed E-state index contributed by atoms with van der Waals surface area (Å²) in [6.45, 7) is 1.65. The van der Waals surface area contributed by atoms with Crippen molar-refractivity contribution in [2.75, 3.05) is 31.1 Å². The minimum Gasteiger partial charge on any atom is -0.363 e. The second kappa shape index (κ2) is 8.29. The van der Waals surface area contributed by atoms with Gasteiger partial charge in [-0.3, -0.25) is 14.6 Å². The predicted molar refractivity (Wildman–Crippen MR) is 106 cm³/mol. The Morgan fingerprint density at radius 1 is 1.17 bits per heavy atom. The summed E-state index contributed by atoms with van der Waals surface area (Å²) in [5.74, 6) is -0.328. The molecule has 1 aromatic carbocycles. The lowest BCUT2D eigenvalue weighted by molar-refractivity contribution is -0.150. The van der Waals surface area contributed by atoms with Crippen LogP contribution in [0.25, 0.3) is 0 Å². The number of piperidine rings is 1. The minimum absolute atomic E-state index is 0.00628. The molecule has 29 heavy (non-hydrogen) atoms. The van der Waals surface area contributed by atoms with Gasteiger partial charge in [0.25, 0.3) is 5.91 Å². The molecule has 2 saturated heterocycles. The van der Waals surface area contributed by atoms with Crippen molar-refractivity contribution in [1.29, 1.82) is 0 Å². The summed E-state index contributed by atoms with van der Waals surface area (Å²) >= 11 is 0. The Kier molecular flexibility index (Phi) is 5.58. The number of carbonyl (C=O) groups is 2. The molecular weight excluding hydrogens is 373 g/mol. The topological polar surface area (TPSA) is 62.7 Å². The number of nitrogens with zero attached hydrogens (tertiary/aromatic N) is 3. The van der Waals surface area contributed by atoms with Crippen molar-refractivity contribution in [3.05, 3.63) is 60.2 Å². The quantitative estimate of drug-likeness (QED) is 0.796. The fraction of sp³-hybridized carbons (Fsp3) is 0.409. The first-order valence-electron chi connectivity index (χ1n) is 9.91. The fourth-order valence-corrected chi connectivity index (χ4v) is 3.99. The lowest BCUT2D eigenvalue weighted by Crippen LogP contribution is -2.59. The van der Waals surface area contributed by atoms with Crippen LogP contribution in [0.4, 0.5) is 10.1 Å². The van der Waals surface area contributed by atoms with Crippen molar-refractivity contribution in [2.24, 2.45) is 0 Å². The van der Waals surface area contributed by atoms with E-state index in [4.69, 9.17) is 4.74 Å². The monoisotopic (exact) mass is 397 g/mol.